The molecular formula is C7H6BrNO. The molecule has 1 aromatic rings. The number of ketones is 1. The molecule has 10 heavy (non-hydrogen) atoms. The Morgan fingerprint density at radius 1 is 1.60 bits per heavy atom. The molecule has 3 heteroatoms. The molecular weight excluding hydrogens is 194 g/mol. The third-order valence-electron chi connectivity index (χ3n) is 1.73. The second-order valence-electron chi connectivity index (χ2n) is 2.41. The van der Waals surface area contributed by atoms with E-state index in [1.807, 2.05) is 16.8 Å². The molecule has 0 aliphatic carbocycles. The molecule has 1 aliphatic rings. The fraction of sp³-hybridized carbons (Fsp3) is 0.286. The van der Waals surface area contributed by atoms with Crippen LogP contribution in [0.5, 0.6) is 0 Å². The summed E-state index contributed by atoms with van der Waals surface area (Å²) in [5, 5.41) is 0. The zero-order valence-electron chi connectivity index (χ0n) is 5.30. The van der Waals surface area contributed by atoms with Gasteiger partial charge in [0.1, 0.15) is 0 Å². The summed E-state index contributed by atoms with van der Waals surface area (Å²) in [4.78, 5) is 11.0. The average Bonchev–Trinajstić information content (AvgIpc) is 2.35. The summed E-state index contributed by atoms with van der Waals surface area (Å²) in [6.07, 6.45) is 2.61. The maximum absolute atomic E-state index is 11.0. The van der Waals surface area contributed by atoms with Gasteiger partial charge in [0, 0.05) is 23.6 Å². The van der Waals surface area contributed by atoms with E-state index >= 15 is 0 Å². The lowest BCUT2D eigenvalue weighted by Crippen LogP contribution is -1.89. The van der Waals surface area contributed by atoms with Crippen molar-refractivity contribution in [2.75, 3.05) is 0 Å². The number of carbonyl (C=O) groups excluding carboxylic acids is 1. The van der Waals surface area contributed by atoms with Gasteiger partial charge < -0.3 is 4.57 Å². The fourth-order valence-corrected chi connectivity index (χ4v) is 1.71. The summed E-state index contributed by atoms with van der Waals surface area (Å²) in [6, 6.07) is 1.87. The van der Waals surface area contributed by atoms with Crippen molar-refractivity contribution in [3.63, 3.8) is 0 Å². The van der Waals surface area contributed by atoms with Crippen LogP contribution in [0.25, 0.3) is 0 Å². The highest BCUT2D eigenvalue weighted by Gasteiger charge is 2.18. The number of aromatic nitrogens is 1. The van der Waals surface area contributed by atoms with Crippen LogP contribution in [0.15, 0.2) is 16.7 Å². The van der Waals surface area contributed by atoms with E-state index in [4.69, 9.17) is 0 Å². The maximum atomic E-state index is 11.0. The van der Waals surface area contributed by atoms with E-state index in [-0.39, 0.29) is 5.78 Å². The van der Waals surface area contributed by atoms with E-state index in [0.717, 1.165) is 16.7 Å². The van der Waals surface area contributed by atoms with Crippen LogP contribution in [0, 0.1) is 0 Å². The van der Waals surface area contributed by atoms with Crippen molar-refractivity contribution >= 4 is 21.7 Å². The molecule has 0 bridgehead atoms. The maximum Gasteiger partial charge on any atom is 0.181 e. The molecule has 0 saturated carbocycles. The van der Waals surface area contributed by atoms with Gasteiger partial charge in [-0.3, -0.25) is 4.79 Å². The van der Waals surface area contributed by atoms with Gasteiger partial charge in [0.2, 0.25) is 0 Å². The molecule has 0 radical (unpaired) electrons. The smallest absolute Gasteiger partial charge is 0.181 e. The first kappa shape index (κ1) is 6.16. The standard InChI is InChI=1S/C7H6BrNO/c8-5-3-6-7(10)1-2-9(6)4-5/h3-4H,1-2H2. The van der Waals surface area contributed by atoms with Gasteiger partial charge in [-0.15, -0.1) is 0 Å². The molecule has 0 aromatic carbocycles. The monoisotopic (exact) mass is 199 g/mol. The minimum Gasteiger partial charge on any atom is -0.343 e. The Morgan fingerprint density at radius 2 is 2.40 bits per heavy atom. The van der Waals surface area contributed by atoms with E-state index in [9.17, 15) is 4.79 Å². The molecule has 0 saturated heterocycles. The van der Waals surface area contributed by atoms with Crippen LogP contribution in [0.1, 0.15) is 16.9 Å². The average molecular weight is 200 g/mol. The van der Waals surface area contributed by atoms with Crippen molar-refractivity contribution in [2.45, 2.75) is 13.0 Å². The van der Waals surface area contributed by atoms with Crippen LogP contribution in [-0.4, -0.2) is 10.4 Å². The number of aryl methyl sites for hydroxylation is 1. The van der Waals surface area contributed by atoms with E-state index < -0.39 is 0 Å². The van der Waals surface area contributed by atoms with Gasteiger partial charge in [-0.1, -0.05) is 0 Å². The van der Waals surface area contributed by atoms with Crippen molar-refractivity contribution < 1.29 is 4.79 Å². The van der Waals surface area contributed by atoms with Gasteiger partial charge in [0.05, 0.1) is 5.69 Å². The molecule has 0 fully saturated rings. The SMILES string of the molecule is O=C1CCn2cc(Br)cc21. The second kappa shape index (κ2) is 1.95. The minimum atomic E-state index is 0.255. The number of carbonyl (C=O) groups is 1. The molecule has 0 amide bonds. The lowest BCUT2D eigenvalue weighted by Gasteiger charge is -1.89. The summed E-state index contributed by atoms with van der Waals surface area (Å²) in [5.41, 5.74) is 0.840. The van der Waals surface area contributed by atoms with Crippen molar-refractivity contribution in [1.82, 2.24) is 4.57 Å². The number of nitrogens with zero attached hydrogens (tertiary/aromatic N) is 1. The van der Waals surface area contributed by atoms with E-state index in [1.165, 1.54) is 0 Å². The normalized spacial score (nSPS) is 15.9. The van der Waals surface area contributed by atoms with Crippen LogP contribution in [-0.2, 0) is 6.54 Å². The van der Waals surface area contributed by atoms with Gasteiger partial charge >= 0.3 is 0 Å². The van der Waals surface area contributed by atoms with Crippen LogP contribution in [0.4, 0.5) is 0 Å². The third-order valence-corrected chi connectivity index (χ3v) is 2.16. The summed E-state index contributed by atoms with van der Waals surface area (Å²) < 4.78 is 2.97. The molecule has 52 valence electrons. The molecule has 0 spiro atoms. The van der Waals surface area contributed by atoms with E-state index in [1.54, 1.807) is 0 Å². The minimum absolute atomic E-state index is 0.255. The zero-order valence-corrected chi connectivity index (χ0v) is 6.89. The van der Waals surface area contributed by atoms with Gasteiger partial charge in [-0.2, -0.15) is 0 Å². The molecule has 1 aromatic heterocycles. The predicted molar refractivity (Wildman–Crippen MR) is 41.1 cm³/mol. The third kappa shape index (κ3) is 0.736. The van der Waals surface area contributed by atoms with Crippen LogP contribution >= 0.6 is 15.9 Å². The Bertz CT molecular complexity index is 290. The van der Waals surface area contributed by atoms with Crippen molar-refractivity contribution in [2.24, 2.45) is 0 Å². The molecule has 2 heterocycles. The molecule has 0 N–H and O–H groups in total. The lowest BCUT2D eigenvalue weighted by molar-refractivity contribution is 0.0994. The highest BCUT2D eigenvalue weighted by atomic mass is 79.9. The highest BCUT2D eigenvalue weighted by molar-refractivity contribution is 9.10. The largest absolute Gasteiger partial charge is 0.343 e. The highest BCUT2D eigenvalue weighted by Crippen LogP contribution is 2.21. The van der Waals surface area contributed by atoms with Crippen molar-refractivity contribution in [1.29, 1.82) is 0 Å². The van der Waals surface area contributed by atoms with Gasteiger partial charge in [-0.25, -0.2) is 0 Å². The van der Waals surface area contributed by atoms with Crippen LogP contribution < -0.4 is 0 Å². The quantitative estimate of drug-likeness (QED) is 0.626. The summed E-state index contributed by atoms with van der Waals surface area (Å²) in [7, 11) is 0. The van der Waals surface area contributed by atoms with Gasteiger partial charge in [0.15, 0.2) is 5.78 Å². The first-order valence-electron chi connectivity index (χ1n) is 3.16. The Hall–Kier alpha value is -0.570. The Balaban J connectivity index is 2.59. The summed E-state index contributed by atoms with van der Waals surface area (Å²) >= 11 is 3.31. The first-order valence-corrected chi connectivity index (χ1v) is 3.95. The molecule has 1 aliphatic heterocycles. The number of Topliss-reactive ketones (excluding diaryl/α,β-unsaturated/α-hetero) is 1. The topological polar surface area (TPSA) is 22.0 Å². The van der Waals surface area contributed by atoms with Crippen LogP contribution in [0.3, 0.4) is 0 Å². The van der Waals surface area contributed by atoms with E-state index in [0.29, 0.717) is 6.42 Å². The number of hydrogen-bond donors (Lipinski definition) is 0. The lowest BCUT2D eigenvalue weighted by atomic mass is 10.3. The van der Waals surface area contributed by atoms with Crippen LogP contribution in [0.2, 0.25) is 0 Å². The van der Waals surface area contributed by atoms with Gasteiger partial charge in [-0.05, 0) is 22.0 Å². The Kier molecular flexibility index (Phi) is 1.20. The van der Waals surface area contributed by atoms with Gasteiger partial charge in [0.25, 0.3) is 0 Å². The second-order valence-corrected chi connectivity index (χ2v) is 3.33. The number of halogens is 1. The zero-order chi connectivity index (χ0) is 7.14. The molecule has 2 nitrogen and oxygen atoms in total. The number of fused-ring (bicyclic) bond motifs is 1. The van der Waals surface area contributed by atoms with Crippen molar-refractivity contribution in [3.8, 4) is 0 Å². The first-order chi connectivity index (χ1) is 4.77. The van der Waals surface area contributed by atoms with Crippen molar-refractivity contribution in [3.05, 3.63) is 22.4 Å². The Labute approximate surface area is 67.0 Å². The molecule has 0 unspecified atom stereocenters. The predicted octanol–water partition coefficient (Wildman–Crippen LogP) is 1.84. The Morgan fingerprint density at radius 3 is 3.10 bits per heavy atom. The fourth-order valence-electron chi connectivity index (χ4n) is 1.24. The number of rotatable bonds is 0. The molecule has 2 rings (SSSR count). The van der Waals surface area contributed by atoms with E-state index in [2.05, 4.69) is 15.9 Å². The summed E-state index contributed by atoms with van der Waals surface area (Å²) in [6.45, 7) is 0.847. The number of hydrogen-bond acceptors (Lipinski definition) is 1. The molecule has 0 atom stereocenters. The summed E-state index contributed by atoms with van der Waals surface area (Å²) in [5.74, 6) is 0.255.